The number of unbranched alkanes of at least 4 members (excludes halogenated alkanes) is 1. The molecule has 1 heterocycles. The predicted molar refractivity (Wildman–Crippen MR) is 94.6 cm³/mol. The number of aromatic hydroxyl groups is 1. The predicted octanol–water partition coefficient (Wildman–Crippen LogP) is 4.00. The molecule has 1 atom stereocenters. The number of rotatable bonds is 7. The summed E-state index contributed by atoms with van der Waals surface area (Å²) in [6.07, 6.45) is 5.32. The summed E-state index contributed by atoms with van der Waals surface area (Å²) >= 11 is 0. The molecule has 0 radical (unpaired) electrons. The fourth-order valence-electron chi connectivity index (χ4n) is 2.47. The van der Waals surface area contributed by atoms with Gasteiger partial charge in [-0.2, -0.15) is 0 Å². The molecule has 2 rings (SSSR count). The van der Waals surface area contributed by atoms with Gasteiger partial charge in [-0.15, -0.1) is 0 Å². The number of hydrogen-bond acceptors (Lipinski definition) is 3. The van der Waals surface area contributed by atoms with E-state index >= 15 is 0 Å². The second kappa shape index (κ2) is 9.01. The van der Waals surface area contributed by atoms with Crippen molar-refractivity contribution in [2.75, 3.05) is 6.54 Å². The van der Waals surface area contributed by atoms with Crippen molar-refractivity contribution in [3.05, 3.63) is 59.7 Å². The van der Waals surface area contributed by atoms with Gasteiger partial charge in [0.15, 0.2) is 11.6 Å². The molecule has 0 saturated heterocycles. The van der Waals surface area contributed by atoms with Crippen LogP contribution in [-0.4, -0.2) is 27.6 Å². The quantitative estimate of drug-likeness (QED) is 0.797. The number of phenolic OH excluding ortho intramolecular Hbond substituents is 1. The molecule has 0 aliphatic rings. The second-order valence-electron chi connectivity index (χ2n) is 6.02. The van der Waals surface area contributed by atoms with Gasteiger partial charge in [-0.3, -0.25) is 4.98 Å². The Morgan fingerprint density at radius 3 is 2.84 bits per heavy atom. The third kappa shape index (κ3) is 5.45. The zero-order chi connectivity index (χ0) is 18.2. The number of nitrogens with one attached hydrogen (secondary N) is 1. The molecule has 6 heteroatoms. The molecule has 25 heavy (non-hydrogen) atoms. The normalized spacial score (nSPS) is 11.8. The summed E-state index contributed by atoms with van der Waals surface area (Å²) in [5, 5.41) is 12.2. The van der Waals surface area contributed by atoms with E-state index in [2.05, 4.69) is 17.2 Å². The van der Waals surface area contributed by atoms with E-state index in [1.54, 1.807) is 30.3 Å². The number of phenols is 1. The summed E-state index contributed by atoms with van der Waals surface area (Å²) in [7, 11) is 0. The molecule has 0 spiro atoms. The second-order valence-corrected chi connectivity index (χ2v) is 6.02. The van der Waals surface area contributed by atoms with Crippen LogP contribution in [0.25, 0.3) is 0 Å². The molecule has 5 nitrogen and oxygen atoms in total. The van der Waals surface area contributed by atoms with E-state index < -0.39 is 11.6 Å². The monoisotopic (exact) mass is 345 g/mol. The van der Waals surface area contributed by atoms with Crippen LogP contribution < -0.4 is 5.32 Å². The highest BCUT2D eigenvalue weighted by molar-refractivity contribution is 5.74. The first-order valence-electron chi connectivity index (χ1n) is 8.44. The number of carbonyl (C=O) groups excluding carboxylic acids is 1. The fourth-order valence-corrected chi connectivity index (χ4v) is 2.47. The van der Waals surface area contributed by atoms with Crippen LogP contribution in [0.3, 0.4) is 0 Å². The van der Waals surface area contributed by atoms with Crippen molar-refractivity contribution in [3.8, 4) is 5.75 Å². The highest BCUT2D eigenvalue weighted by atomic mass is 19.1. The van der Waals surface area contributed by atoms with Crippen LogP contribution in [-0.2, 0) is 6.54 Å². The third-order valence-corrected chi connectivity index (χ3v) is 3.98. The van der Waals surface area contributed by atoms with Gasteiger partial charge in [0, 0.05) is 25.5 Å². The van der Waals surface area contributed by atoms with Crippen LogP contribution in [0.2, 0.25) is 0 Å². The Morgan fingerprint density at radius 2 is 2.20 bits per heavy atom. The molecule has 0 unspecified atom stereocenters. The van der Waals surface area contributed by atoms with Crippen molar-refractivity contribution in [1.82, 2.24) is 15.2 Å². The van der Waals surface area contributed by atoms with Gasteiger partial charge < -0.3 is 15.3 Å². The maximum atomic E-state index is 13.5. The fraction of sp³-hybridized carbons (Fsp3) is 0.368. The van der Waals surface area contributed by atoms with Crippen molar-refractivity contribution in [2.24, 2.45) is 0 Å². The largest absolute Gasteiger partial charge is 0.505 e. The Kier molecular flexibility index (Phi) is 6.74. The molecule has 0 aliphatic carbocycles. The van der Waals surface area contributed by atoms with E-state index in [1.807, 2.05) is 12.1 Å². The number of carbonyl (C=O) groups is 1. The summed E-state index contributed by atoms with van der Waals surface area (Å²) in [5.41, 5.74) is 1.55. The van der Waals surface area contributed by atoms with E-state index in [0.717, 1.165) is 18.4 Å². The maximum Gasteiger partial charge on any atom is 0.318 e. The molecule has 0 bridgehead atoms. The molecular weight excluding hydrogens is 321 g/mol. The van der Waals surface area contributed by atoms with Crippen molar-refractivity contribution >= 4 is 6.03 Å². The molecule has 0 aliphatic heterocycles. The van der Waals surface area contributed by atoms with Crippen molar-refractivity contribution in [2.45, 2.75) is 39.3 Å². The average molecular weight is 345 g/mol. The number of benzene rings is 1. The van der Waals surface area contributed by atoms with E-state index in [1.165, 1.54) is 12.1 Å². The van der Waals surface area contributed by atoms with Gasteiger partial charge in [-0.25, -0.2) is 9.18 Å². The Bertz CT molecular complexity index is 694. The van der Waals surface area contributed by atoms with E-state index in [4.69, 9.17) is 0 Å². The zero-order valence-corrected chi connectivity index (χ0v) is 14.6. The summed E-state index contributed by atoms with van der Waals surface area (Å²) in [4.78, 5) is 18.5. The Labute approximate surface area is 147 Å². The minimum atomic E-state index is -0.697. The SMILES string of the molecule is CCCCN(Cc1cccnc1)C(=O)N[C@H](C)c1ccc(O)c(F)c1. The lowest BCUT2D eigenvalue weighted by molar-refractivity contribution is 0.191. The molecule has 0 saturated carbocycles. The molecule has 2 N–H and O–H groups in total. The molecular formula is C19H24FN3O2. The minimum absolute atomic E-state index is 0.210. The van der Waals surface area contributed by atoms with Gasteiger partial charge in [-0.05, 0) is 42.7 Å². The molecule has 134 valence electrons. The Balaban J connectivity index is 2.05. The summed E-state index contributed by atoms with van der Waals surface area (Å²) in [5.74, 6) is -1.10. The molecule has 1 aromatic heterocycles. The smallest absolute Gasteiger partial charge is 0.318 e. The maximum absolute atomic E-state index is 13.5. The summed E-state index contributed by atoms with van der Waals surface area (Å²) in [6, 6.07) is 7.31. The van der Waals surface area contributed by atoms with E-state index in [0.29, 0.717) is 18.7 Å². The van der Waals surface area contributed by atoms with E-state index in [-0.39, 0.29) is 12.1 Å². The van der Waals surface area contributed by atoms with Gasteiger partial charge >= 0.3 is 6.03 Å². The molecule has 2 aromatic rings. The number of amides is 2. The lowest BCUT2D eigenvalue weighted by atomic mass is 10.1. The van der Waals surface area contributed by atoms with Crippen molar-refractivity contribution in [3.63, 3.8) is 0 Å². The number of urea groups is 1. The van der Waals surface area contributed by atoms with Gasteiger partial charge in [0.1, 0.15) is 0 Å². The van der Waals surface area contributed by atoms with Gasteiger partial charge in [0.25, 0.3) is 0 Å². The van der Waals surface area contributed by atoms with Crippen LogP contribution >= 0.6 is 0 Å². The average Bonchev–Trinajstić information content (AvgIpc) is 2.61. The first-order valence-corrected chi connectivity index (χ1v) is 8.44. The Morgan fingerprint density at radius 1 is 1.40 bits per heavy atom. The van der Waals surface area contributed by atoms with Gasteiger partial charge in [-0.1, -0.05) is 25.5 Å². The zero-order valence-electron chi connectivity index (χ0n) is 14.6. The molecule has 1 aromatic carbocycles. The van der Waals surface area contributed by atoms with Crippen LogP contribution in [0.15, 0.2) is 42.7 Å². The van der Waals surface area contributed by atoms with Crippen LogP contribution in [0, 0.1) is 5.82 Å². The molecule has 2 amide bonds. The van der Waals surface area contributed by atoms with Crippen molar-refractivity contribution < 1.29 is 14.3 Å². The Hall–Kier alpha value is -2.63. The number of pyridine rings is 1. The summed E-state index contributed by atoms with van der Waals surface area (Å²) in [6.45, 7) is 4.96. The first kappa shape index (κ1) is 18.7. The van der Waals surface area contributed by atoms with Crippen LogP contribution in [0.1, 0.15) is 43.9 Å². The van der Waals surface area contributed by atoms with Crippen molar-refractivity contribution in [1.29, 1.82) is 0 Å². The van der Waals surface area contributed by atoms with Gasteiger partial charge in [0.05, 0.1) is 6.04 Å². The lowest BCUT2D eigenvalue weighted by Gasteiger charge is -2.25. The lowest BCUT2D eigenvalue weighted by Crippen LogP contribution is -2.41. The summed E-state index contributed by atoms with van der Waals surface area (Å²) < 4.78 is 13.5. The standard InChI is InChI=1S/C19H24FN3O2/c1-3-4-10-23(13-15-6-5-9-21-12-15)19(25)22-14(2)16-7-8-18(24)17(20)11-16/h5-9,11-12,14,24H,3-4,10,13H2,1-2H3,(H,22,25)/t14-/m1/s1. The number of halogens is 1. The first-order chi connectivity index (χ1) is 12.0. The van der Waals surface area contributed by atoms with Crippen LogP contribution in [0.5, 0.6) is 5.75 Å². The highest BCUT2D eigenvalue weighted by Gasteiger charge is 2.17. The minimum Gasteiger partial charge on any atom is -0.505 e. The van der Waals surface area contributed by atoms with E-state index in [9.17, 15) is 14.3 Å². The van der Waals surface area contributed by atoms with Gasteiger partial charge in [0.2, 0.25) is 0 Å². The number of aromatic nitrogens is 1. The number of nitrogens with zero attached hydrogens (tertiary/aromatic N) is 2. The topological polar surface area (TPSA) is 65.5 Å². The number of hydrogen-bond donors (Lipinski definition) is 2. The third-order valence-electron chi connectivity index (χ3n) is 3.98. The van der Waals surface area contributed by atoms with Crippen LogP contribution in [0.4, 0.5) is 9.18 Å². The molecule has 0 fully saturated rings. The highest BCUT2D eigenvalue weighted by Crippen LogP contribution is 2.21.